The van der Waals surface area contributed by atoms with Gasteiger partial charge in [0.25, 0.3) is 5.91 Å². The summed E-state index contributed by atoms with van der Waals surface area (Å²) in [6.07, 6.45) is 1.54. The summed E-state index contributed by atoms with van der Waals surface area (Å²) in [5.74, 6) is -0.337. The molecule has 0 saturated carbocycles. The van der Waals surface area contributed by atoms with Crippen molar-refractivity contribution in [3.63, 3.8) is 0 Å². The van der Waals surface area contributed by atoms with Crippen molar-refractivity contribution in [3.05, 3.63) is 24.0 Å². The number of anilines is 2. The molecule has 2 aromatic rings. The van der Waals surface area contributed by atoms with E-state index >= 15 is 0 Å². The van der Waals surface area contributed by atoms with Crippen LogP contribution in [0.2, 0.25) is 0 Å². The SMILES string of the molecule is COc1ncccc1NC(=O)c1nonc1N. The first kappa shape index (κ1) is 10.9. The second kappa shape index (κ2) is 4.47. The molecule has 3 N–H and O–H groups in total. The second-order valence-corrected chi connectivity index (χ2v) is 3.01. The van der Waals surface area contributed by atoms with Crippen molar-refractivity contribution in [2.24, 2.45) is 0 Å². The predicted octanol–water partition coefficient (Wildman–Crippen LogP) is 0.308. The van der Waals surface area contributed by atoms with Crippen molar-refractivity contribution in [2.75, 3.05) is 18.2 Å². The molecule has 0 fully saturated rings. The molecule has 0 atom stereocenters. The lowest BCUT2D eigenvalue weighted by Gasteiger charge is -2.06. The van der Waals surface area contributed by atoms with Gasteiger partial charge in [0, 0.05) is 6.20 Å². The lowest BCUT2D eigenvalue weighted by molar-refractivity contribution is 0.101. The highest BCUT2D eigenvalue weighted by Gasteiger charge is 2.17. The second-order valence-electron chi connectivity index (χ2n) is 3.01. The van der Waals surface area contributed by atoms with Crippen LogP contribution in [0.5, 0.6) is 5.88 Å². The molecule has 0 unspecified atom stereocenters. The van der Waals surface area contributed by atoms with Crippen LogP contribution >= 0.6 is 0 Å². The molecule has 0 spiro atoms. The summed E-state index contributed by atoms with van der Waals surface area (Å²) in [7, 11) is 1.45. The number of nitrogens with two attached hydrogens (primary N) is 1. The molecule has 0 saturated heterocycles. The van der Waals surface area contributed by atoms with Crippen LogP contribution in [0, 0.1) is 0 Å². The van der Waals surface area contributed by atoms with Gasteiger partial charge in [-0.05, 0) is 22.4 Å². The lowest BCUT2D eigenvalue weighted by Crippen LogP contribution is -2.15. The normalized spacial score (nSPS) is 9.94. The van der Waals surface area contributed by atoms with Crippen LogP contribution < -0.4 is 15.8 Å². The van der Waals surface area contributed by atoms with Crippen LogP contribution in [0.25, 0.3) is 0 Å². The maximum Gasteiger partial charge on any atom is 0.281 e. The quantitative estimate of drug-likeness (QED) is 0.786. The number of carbonyl (C=O) groups excluding carboxylic acids is 1. The van der Waals surface area contributed by atoms with E-state index in [1.807, 2.05) is 0 Å². The number of nitrogen functional groups attached to an aromatic ring is 1. The van der Waals surface area contributed by atoms with E-state index < -0.39 is 5.91 Å². The van der Waals surface area contributed by atoms with E-state index in [0.29, 0.717) is 5.69 Å². The molecule has 0 bridgehead atoms. The van der Waals surface area contributed by atoms with E-state index in [1.165, 1.54) is 7.11 Å². The van der Waals surface area contributed by atoms with Gasteiger partial charge in [-0.1, -0.05) is 0 Å². The highest BCUT2D eigenvalue weighted by molar-refractivity contribution is 6.06. The zero-order chi connectivity index (χ0) is 12.3. The van der Waals surface area contributed by atoms with Crippen molar-refractivity contribution >= 4 is 17.4 Å². The largest absolute Gasteiger partial charge is 0.480 e. The number of hydrogen-bond donors (Lipinski definition) is 2. The van der Waals surface area contributed by atoms with Crippen molar-refractivity contribution in [1.29, 1.82) is 0 Å². The minimum Gasteiger partial charge on any atom is -0.480 e. The molecular weight excluding hydrogens is 226 g/mol. The zero-order valence-corrected chi connectivity index (χ0v) is 8.88. The minimum atomic E-state index is -0.546. The summed E-state index contributed by atoms with van der Waals surface area (Å²) in [5, 5.41) is 9.22. The summed E-state index contributed by atoms with van der Waals surface area (Å²) in [6, 6.07) is 3.29. The highest BCUT2D eigenvalue weighted by Crippen LogP contribution is 2.20. The lowest BCUT2D eigenvalue weighted by atomic mass is 10.3. The predicted molar refractivity (Wildman–Crippen MR) is 57.5 cm³/mol. The third-order valence-electron chi connectivity index (χ3n) is 1.94. The monoisotopic (exact) mass is 235 g/mol. The van der Waals surface area contributed by atoms with E-state index in [-0.39, 0.29) is 17.4 Å². The first-order valence-electron chi connectivity index (χ1n) is 4.60. The molecule has 8 nitrogen and oxygen atoms in total. The Bertz CT molecular complexity index is 539. The van der Waals surface area contributed by atoms with Crippen molar-refractivity contribution < 1.29 is 14.2 Å². The van der Waals surface area contributed by atoms with Crippen LogP contribution in [0.3, 0.4) is 0 Å². The van der Waals surface area contributed by atoms with E-state index in [0.717, 1.165) is 0 Å². The molecule has 8 heteroatoms. The number of methoxy groups -OCH3 is 1. The molecule has 1 amide bonds. The van der Waals surface area contributed by atoms with Gasteiger partial charge in [0.1, 0.15) is 5.69 Å². The molecule has 0 aromatic carbocycles. The Hall–Kier alpha value is -2.64. The Kier molecular flexibility index (Phi) is 2.86. The van der Waals surface area contributed by atoms with Gasteiger partial charge in [-0.25, -0.2) is 9.61 Å². The third kappa shape index (κ3) is 2.14. The average molecular weight is 235 g/mol. The number of ether oxygens (including phenoxy) is 1. The fourth-order valence-corrected chi connectivity index (χ4v) is 1.18. The van der Waals surface area contributed by atoms with Gasteiger partial charge < -0.3 is 15.8 Å². The van der Waals surface area contributed by atoms with Gasteiger partial charge in [0.15, 0.2) is 0 Å². The molecule has 0 aliphatic heterocycles. The summed E-state index contributed by atoms with van der Waals surface area (Å²) >= 11 is 0. The summed E-state index contributed by atoms with van der Waals surface area (Å²) in [6.45, 7) is 0. The molecule has 88 valence electrons. The van der Waals surface area contributed by atoms with Crippen LogP contribution in [-0.4, -0.2) is 28.3 Å². The first-order valence-corrected chi connectivity index (χ1v) is 4.60. The number of nitrogens with zero attached hydrogens (tertiary/aromatic N) is 3. The Morgan fingerprint density at radius 1 is 1.53 bits per heavy atom. The van der Waals surface area contributed by atoms with Crippen molar-refractivity contribution in [2.45, 2.75) is 0 Å². The van der Waals surface area contributed by atoms with Crippen LogP contribution in [0.15, 0.2) is 23.0 Å². The molecule has 17 heavy (non-hydrogen) atoms. The standard InChI is InChI=1S/C9H9N5O3/c1-16-9-5(3-2-4-11-9)12-8(15)6-7(10)14-17-13-6/h2-4H,1H3,(H2,10,14)(H,12,15). The number of hydrogen-bond acceptors (Lipinski definition) is 7. The Morgan fingerprint density at radius 3 is 3.00 bits per heavy atom. The average Bonchev–Trinajstić information content (AvgIpc) is 2.76. The van der Waals surface area contributed by atoms with E-state index in [4.69, 9.17) is 10.5 Å². The fourth-order valence-electron chi connectivity index (χ4n) is 1.18. The number of rotatable bonds is 3. The summed E-state index contributed by atoms with van der Waals surface area (Å²) < 4.78 is 9.31. The molecular formula is C9H9N5O3. The molecule has 2 rings (SSSR count). The van der Waals surface area contributed by atoms with E-state index in [9.17, 15) is 4.79 Å². The van der Waals surface area contributed by atoms with Crippen molar-refractivity contribution in [3.8, 4) is 5.88 Å². The molecule has 2 heterocycles. The maximum atomic E-state index is 11.7. The Balaban J connectivity index is 2.22. The van der Waals surface area contributed by atoms with E-state index in [1.54, 1.807) is 18.3 Å². The number of pyridine rings is 1. The van der Waals surface area contributed by atoms with Gasteiger partial charge in [-0.2, -0.15) is 0 Å². The number of carbonyl (C=O) groups is 1. The fraction of sp³-hybridized carbons (Fsp3) is 0.111. The minimum absolute atomic E-state index is 0.0784. The van der Waals surface area contributed by atoms with Crippen LogP contribution in [0.1, 0.15) is 10.5 Å². The number of aromatic nitrogens is 3. The summed E-state index contributed by atoms with van der Waals surface area (Å²) in [4.78, 5) is 15.7. The topological polar surface area (TPSA) is 116 Å². The van der Waals surface area contributed by atoms with Gasteiger partial charge >= 0.3 is 0 Å². The number of amides is 1. The smallest absolute Gasteiger partial charge is 0.281 e. The zero-order valence-electron chi connectivity index (χ0n) is 8.88. The van der Waals surface area contributed by atoms with Crippen molar-refractivity contribution in [1.82, 2.24) is 15.3 Å². The van der Waals surface area contributed by atoms with Gasteiger partial charge in [0.2, 0.25) is 17.4 Å². The maximum absolute atomic E-state index is 11.7. The molecule has 0 aliphatic rings. The van der Waals surface area contributed by atoms with Crippen LogP contribution in [0.4, 0.5) is 11.5 Å². The molecule has 0 aliphatic carbocycles. The first-order chi connectivity index (χ1) is 8.22. The van der Waals surface area contributed by atoms with Crippen LogP contribution in [-0.2, 0) is 0 Å². The van der Waals surface area contributed by atoms with Gasteiger partial charge in [0.05, 0.1) is 7.11 Å². The molecule has 2 aromatic heterocycles. The Labute approximate surface area is 95.7 Å². The highest BCUT2D eigenvalue weighted by atomic mass is 16.6. The van der Waals surface area contributed by atoms with Gasteiger partial charge in [-0.3, -0.25) is 4.79 Å². The van der Waals surface area contributed by atoms with Gasteiger partial charge in [-0.15, -0.1) is 0 Å². The van der Waals surface area contributed by atoms with E-state index in [2.05, 4.69) is 25.2 Å². The summed E-state index contributed by atoms with van der Waals surface area (Å²) in [5.41, 5.74) is 5.71. The molecule has 0 radical (unpaired) electrons. The number of nitrogens with one attached hydrogen (secondary N) is 1. The Morgan fingerprint density at radius 2 is 2.35 bits per heavy atom. The third-order valence-corrected chi connectivity index (χ3v) is 1.94.